The number of amides is 1. The standard InChI is InChI=1S/C21H26N4O2/c1-27-13-10-22-20(26)16-6-7-19(23-14-16)25-11-8-21(9-12-25)15-24-18-5-3-2-4-17(18)21/h2-7,14,24H,8-13,15H2,1H3,(H,22,26). The van der Waals surface area contributed by atoms with Crippen LogP contribution in [0.4, 0.5) is 11.5 Å². The SMILES string of the molecule is COCCNC(=O)c1ccc(N2CCC3(CC2)CNc2ccccc23)nc1. The van der Waals surface area contributed by atoms with Crippen molar-refractivity contribution >= 4 is 17.4 Å². The van der Waals surface area contributed by atoms with Gasteiger partial charge in [0, 0.05) is 50.6 Å². The minimum Gasteiger partial charge on any atom is -0.384 e. The first kappa shape index (κ1) is 17.8. The second kappa shape index (κ2) is 7.56. The van der Waals surface area contributed by atoms with E-state index in [-0.39, 0.29) is 11.3 Å². The number of carbonyl (C=O) groups excluding carboxylic acids is 1. The van der Waals surface area contributed by atoms with Crippen LogP contribution in [0.2, 0.25) is 0 Å². The molecule has 0 saturated carbocycles. The van der Waals surface area contributed by atoms with Gasteiger partial charge in [0.1, 0.15) is 5.82 Å². The highest BCUT2D eigenvalue weighted by atomic mass is 16.5. The maximum atomic E-state index is 12.1. The highest BCUT2D eigenvalue weighted by Gasteiger charge is 2.41. The van der Waals surface area contributed by atoms with Gasteiger partial charge in [-0.25, -0.2) is 4.98 Å². The van der Waals surface area contributed by atoms with Gasteiger partial charge in [0.05, 0.1) is 12.2 Å². The molecule has 142 valence electrons. The van der Waals surface area contributed by atoms with Crippen LogP contribution in [0.1, 0.15) is 28.8 Å². The van der Waals surface area contributed by atoms with Crippen molar-refractivity contribution in [2.24, 2.45) is 0 Å². The van der Waals surface area contributed by atoms with Gasteiger partial charge in [-0.05, 0) is 36.6 Å². The molecule has 2 aliphatic heterocycles. The lowest BCUT2D eigenvalue weighted by Crippen LogP contribution is -2.44. The average molecular weight is 366 g/mol. The Hall–Kier alpha value is -2.60. The number of hydrogen-bond donors (Lipinski definition) is 2. The summed E-state index contributed by atoms with van der Waals surface area (Å²) in [5.74, 6) is 0.829. The van der Waals surface area contributed by atoms with E-state index in [1.54, 1.807) is 13.3 Å². The number of piperidine rings is 1. The topological polar surface area (TPSA) is 66.5 Å². The summed E-state index contributed by atoms with van der Waals surface area (Å²) in [7, 11) is 1.62. The van der Waals surface area contributed by atoms with Crippen LogP contribution in [0.5, 0.6) is 0 Å². The molecule has 1 saturated heterocycles. The number of hydrogen-bond acceptors (Lipinski definition) is 5. The number of fused-ring (bicyclic) bond motifs is 2. The molecular weight excluding hydrogens is 340 g/mol. The van der Waals surface area contributed by atoms with E-state index in [9.17, 15) is 4.79 Å². The van der Waals surface area contributed by atoms with Gasteiger partial charge in [0.2, 0.25) is 0 Å². The van der Waals surface area contributed by atoms with Crippen LogP contribution in [0.15, 0.2) is 42.6 Å². The fraction of sp³-hybridized carbons (Fsp3) is 0.429. The third-order valence-electron chi connectivity index (χ3n) is 5.76. The number of anilines is 2. The van der Waals surface area contributed by atoms with Crippen molar-refractivity contribution in [3.8, 4) is 0 Å². The molecule has 0 bridgehead atoms. The molecule has 2 aliphatic rings. The summed E-state index contributed by atoms with van der Waals surface area (Å²) in [4.78, 5) is 18.9. The van der Waals surface area contributed by atoms with Crippen molar-refractivity contribution in [2.75, 3.05) is 50.1 Å². The van der Waals surface area contributed by atoms with Crippen molar-refractivity contribution in [1.82, 2.24) is 10.3 Å². The number of pyridine rings is 1. The van der Waals surface area contributed by atoms with Crippen LogP contribution >= 0.6 is 0 Å². The normalized spacial score (nSPS) is 17.4. The quantitative estimate of drug-likeness (QED) is 0.796. The summed E-state index contributed by atoms with van der Waals surface area (Å²) in [5.41, 5.74) is 3.57. The molecule has 1 aromatic heterocycles. The number of aromatic nitrogens is 1. The van der Waals surface area contributed by atoms with Crippen LogP contribution in [-0.2, 0) is 10.2 Å². The van der Waals surface area contributed by atoms with Gasteiger partial charge in [-0.1, -0.05) is 18.2 Å². The van der Waals surface area contributed by atoms with E-state index in [2.05, 4.69) is 44.8 Å². The number of carbonyl (C=O) groups is 1. The first-order chi connectivity index (χ1) is 13.2. The Bertz CT molecular complexity index is 798. The molecule has 2 N–H and O–H groups in total. The first-order valence-corrected chi connectivity index (χ1v) is 9.53. The molecule has 6 nitrogen and oxygen atoms in total. The lowest BCUT2D eigenvalue weighted by molar-refractivity contribution is 0.0937. The van der Waals surface area contributed by atoms with E-state index in [1.807, 2.05) is 12.1 Å². The van der Waals surface area contributed by atoms with E-state index in [4.69, 9.17) is 4.74 Å². The van der Waals surface area contributed by atoms with Crippen LogP contribution < -0.4 is 15.5 Å². The molecule has 1 aromatic carbocycles. The van der Waals surface area contributed by atoms with Crippen molar-refractivity contribution in [1.29, 1.82) is 0 Å². The zero-order valence-corrected chi connectivity index (χ0v) is 15.7. The zero-order chi connectivity index (χ0) is 18.7. The van der Waals surface area contributed by atoms with E-state index in [1.165, 1.54) is 11.3 Å². The van der Waals surface area contributed by atoms with Crippen LogP contribution in [0.3, 0.4) is 0 Å². The first-order valence-electron chi connectivity index (χ1n) is 9.53. The van der Waals surface area contributed by atoms with Gasteiger partial charge in [-0.2, -0.15) is 0 Å². The molecule has 3 heterocycles. The number of nitrogens with zero attached hydrogens (tertiary/aromatic N) is 2. The number of rotatable bonds is 5. The summed E-state index contributed by atoms with van der Waals surface area (Å²) in [5, 5.41) is 6.39. The number of nitrogens with one attached hydrogen (secondary N) is 2. The Labute approximate surface area is 159 Å². The van der Waals surface area contributed by atoms with Crippen LogP contribution in [0, 0.1) is 0 Å². The number of ether oxygens (including phenoxy) is 1. The molecular formula is C21H26N4O2. The molecule has 4 rings (SSSR count). The summed E-state index contributed by atoms with van der Waals surface area (Å²) < 4.78 is 4.95. The molecule has 0 unspecified atom stereocenters. The molecule has 0 atom stereocenters. The summed E-state index contributed by atoms with van der Waals surface area (Å²) in [6, 6.07) is 12.5. The largest absolute Gasteiger partial charge is 0.384 e. The Balaban J connectivity index is 1.38. The second-order valence-corrected chi connectivity index (χ2v) is 7.32. The highest BCUT2D eigenvalue weighted by Crippen LogP contribution is 2.44. The summed E-state index contributed by atoms with van der Waals surface area (Å²) in [6.45, 7) is 3.98. The molecule has 0 radical (unpaired) electrons. The maximum Gasteiger partial charge on any atom is 0.252 e. The fourth-order valence-electron chi connectivity index (χ4n) is 4.15. The number of para-hydroxylation sites is 1. The second-order valence-electron chi connectivity index (χ2n) is 7.32. The third kappa shape index (κ3) is 3.49. The van der Waals surface area contributed by atoms with E-state index in [0.717, 1.165) is 38.3 Å². The van der Waals surface area contributed by atoms with E-state index < -0.39 is 0 Å². The van der Waals surface area contributed by atoms with Crippen LogP contribution in [0.25, 0.3) is 0 Å². The van der Waals surface area contributed by atoms with Gasteiger partial charge in [0.15, 0.2) is 0 Å². The highest BCUT2D eigenvalue weighted by molar-refractivity contribution is 5.94. The molecule has 2 aromatic rings. The van der Waals surface area contributed by atoms with E-state index in [0.29, 0.717) is 18.7 Å². The van der Waals surface area contributed by atoms with Crippen molar-refractivity contribution in [3.63, 3.8) is 0 Å². The minimum atomic E-state index is -0.114. The molecule has 1 fully saturated rings. The predicted octanol–water partition coefficient (Wildman–Crippen LogP) is 2.42. The van der Waals surface area contributed by atoms with Gasteiger partial charge >= 0.3 is 0 Å². The maximum absolute atomic E-state index is 12.1. The smallest absolute Gasteiger partial charge is 0.252 e. The zero-order valence-electron chi connectivity index (χ0n) is 15.7. The van der Waals surface area contributed by atoms with Gasteiger partial charge in [0.25, 0.3) is 5.91 Å². The predicted molar refractivity (Wildman–Crippen MR) is 107 cm³/mol. The number of methoxy groups -OCH3 is 1. The molecule has 27 heavy (non-hydrogen) atoms. The lowest BCUT2D eigenvalue weighted by atomic mass is 9.74. The van der Waals surface area contributed by atoms with Crippen molar-refractivity contribution in [3.05, 3.63) is 53.7 Å². The minimum absolute atomic E-state index is 0.114. The Morgan fingerprint density at radius 1 is 1.26 bits per heavy atom. The van der Waals surface area contributed by atoms with Gasteiger partial charge < -0.3 is 20.3 Å². The van der Waals surface area contributed by atoms with Crippen molar-refractivity contribution < 1.29 is 9.53 Å². The molecule has 1 amide bonds. The Morgan fingerprint density at radius 3 is 2.81 bits per heavy atom. The molecule has 1 spiro atoms. The summed E-state index contributed by atoms with van der Waals surface area (Å²) in [6.07, 6.45) is 3.88. The Kier molecular flexibility index (Phi) is 4.99. The fourth-order valence-corrected chi connectivity index (χ4v) is 4.15. The summed E-state index contributed by atoms with van der Waals surface area (Å²) >= 11 is 0. The monoisotopic (exact) mass is 366 g/mol. The number of benzene rings is 1. The van der Waals surface area contributed by atoms with Gasteiger partial charge in [-0.3, -0.25) is 4.79 Å². The van der Waals surface area contributed by atoms with Crippen LogP contribution in [-0.4, -0.2) is 50.8 Å². The van der Waals surface area contributed by atoms with Gasteiger partial charge in [-0.15, -0.1) is 0 Å². The lowest BCUT2D eigenvalue weighted by Gasteiger charge is -2.40. The average Bonchev–Trinajstić information content (AvgIpc) is 3.07. The molecule has 0 aliphatic carbocycles. The molecule has 6 heteroatoms. The Morgan fingerprint density at radius 2 is 2.07 bits per heavy atom. The van der Waals surface area contributed by atoms with E-state index >= 15 is 0 Å². The van der Waals surface area contributed by atoms with Crippen molar-refractivity contribution in [2.45, 2.75) is 18.3 Å². The third-order valence-corrected chi connectivity index (χ3v) is 5.76.